The molecular weight excluding hydrogens is 485 g/mol. The number of thiophene rings is 5. The van der Waals surface area contributed by atoms with Crippen molar-refractivity contribution in [3.8, 4) is 39.0 Å². The van der Waals surface area contributed by atoms with Gasteiger partial charge in [-0.2, -0.15) is 8.73 Å². The molecule has 2 nitrogen and oxygen atoms in total. The van der Waals surface area contributed by atoms with E-state index in [9.17, 15) is 0 Å². The highest BCUT2D eigenvalue weighted by molar-refractivity contribution is 7.58. The summed E-state index contributed by atoms with van der Waals surface area (Å²) in [7, 11) is 0. The van der Waals surface area contributed by atoms with Crippen molar-refractivity contribution in [2.75, 3.05) is 0 Å². The molecule has 8 heteroatoms. The summed E-state index contributed by atoms with van der Waals surface area (Å²) in [5.41, 5.74) is 4.75. The summed E-state index contributed by atoms with van der Waals surface area (Å²) < 4.78 is 9.36. The molecule has 6 rings (SSSR count). The number of nitrogens with zero attached hydrogens (tertiary/aromatic N) is 2. The van der Waals surface area contributed by atoms with Crippen molar-refractivity contribution in [2.45, 2.75) is 13.8 Å². The fourth-order valence-electron chi connectivity index (χ4n) is 3.51. The normalized spacial score (nSPS) is 12.5. The second-order valence-corrected chi connectivity index (χ2v) is 12.5. The Labute approximate surface area is 198 Å². The van der Waals surface area contributed by atoms with Crippen LogP contribution < -0.4 is 0 Å². The third-order valence-corrected chi connectivity index (χ3v) is 11.5. The monoisotopic (exact) mass is 498 g/mol. The van der Waals surface area contributed by atoms with E-state index in [-0.39, 0.29) is 0 Å². The molecule has 5 aromatic heterocycles. The first-order chi connectivity index (χ1) is 14.7. The van der Waals surface area contributed by atoms with Gasteiger partial charge in [-0.1, -0.05) is 12.1 Å². The highest BCUT2D eigenvalue weighted by atomic mass is 32.1. The lowest BCUT2D eigenvalue weighted by molar-refractivity contribution is 1.55. The largest absolute Gasteiger partial charge is 0.171 e. The van der Waals surface area contributed by atoms with Gasteiger partial charge in [0.25, 0.3) is 0 Å². The molecule has 0 saturated carbocycles. The summed E-state index contributed by atoms with van der Waals surface area (Å²) in [6.07, 6.45) is 0. The summed E-state index contributed by atoms with van der Waals surface area (Å²) in [5, 5.41) is 4.29. The highest BCUT2D eigenvalue weighted by Gasteiger charge is 2.26. The van der Waals surface area contributed by atoms with Crippen LogP contribution in [0.1, 0.15) is 11.1 Å². The van der Waals surface area contributed by atoms with Gasteiger partial charge < -0.3 is 0 Å². The molecule has 0 spiro atoms. The summed E-state index contributed by atoms with van der Waals surface area (Å²) in [6.45, 7) is 4.41. The van der Waals surface area contributed by atoms with Gasteiger partial charge in [0.05, 0.1) is 21.1 Å². The Kier molecular flexibility index (Phi) is 4.74. The van der Waals surface area contributed by atoms with Crippen molar-refractivity contribution in [3.05, 3.63) is 58.3 Å². The molecule has 148 valence electrons. The Hall–Kier alpha value is -1.68. The van der Waals surface area contributed by atoms with Gasteiger partial charge in [-0.15, -0.1) is 56.7 Å². The summed E-state index contributed by atoms with van der Waals surface area (Å²) in [5.74, 6) is 0. The number of hydrogen-bond acceptors (Lipinski definition) is 7. The topological polar surface area (TPSA) is 24.7 Å². The maximum Gasteiger partial charge on any atom is 0.124 e. The van der Waals surface area contributed by atoms with Crippen molar-refractivity contribution in [1.82, 2.24) is 0 Å². The molecule has 6 heterocycles. The molecule has 0 unspecified atom stereocenters. The lowest BCUT2D eigenvalue weighted by Gasteiger charge is -1.93. The average Bonchev–Trinajstić information content (AvgIpc) is 3.51. The fourth-order valence-corrected chi connectivity index (χ4v) is 9.75. The van der Waals surface area contributed by atoms with Crippen LogP contribution in [0.3, 0.4) is 0 Å². The maximum atomic E-state index is 4.68. The Morgan fingerprint density at radius 1 is 0.600 bits per heavy atom. The van der Waals surface area contributed by atoms with E-state index in [1.54, 1.807) is 22.7 Å². The Morgan fingerprint density at radius 3 is 1.53 bits per heavy atom. The van der Waals surface area contributed by atoms with Crippen LogP contribution in [0.2, 0.25) is 0 Å². The number of fused-ring (bicyclic) bond motifs is 1. The lowest BCUT2D eigenvalue weighted by Crippen LogP contribution is -1.66. The number of aryl methyl sites for hydroxylation is 2. The lowest BCUT2D eigenvalue weighted by atomic mass is 10.2. The second kappa shape index (κ2) is 7.47. The van der Waals surface area contributed by atoms with Crippen molar-refractivity contribution < 1.29 is 0 Å². The van der Waals surface area contributed by atoms with Gasteiger partial charge >= 0.3 is 0 Å². The van der Waals surface area contributed by atoms with Gasteiger partial charge in [0.15, 0.2) is 0 Å². The van der Waals surface area contributed by atoms with Crippen molar-refractivity contribution in [1.29, 1.82) is 0 Å². The van der Waals surface area contributed by atoms with Gasteiger partial charge in [0.2, 0.25) is 0 Å². The van der Waals surface area contributed by atoms with Crippen LogP contribution in [0.4, 0.5) is 11.4 Å². The van der Waals surface area contributed by atoms with Crippen molar-refractivity contribution in [2.24, 2.45) is 8.73 Å². The van der Waals surface area contributed by atoms with Gasteiger partial charge in [0.1, 0.15) is 11.4 Å². The third-order valence-electron chi connectivity index (χ3n) is 4.90. The van der Waals surface area contributed by atoms with Crippen molar-refractivity contribution >= 4 is 79.4 Å². The van der Waals surface area contributed by atoms with Crippen LogP contribution in [0.25, 0.3) is 39.0 Å². The minimum absolute atomic E-state index is 1.04. The minimum Gasteiger partial charge on any atom is -0.171 e. The summed E-state index contributed by atoms with van der Waals surface area (Å²) in [4.78, 5) is 10.5. The highest BCUT2D eigenvalue weighted by Crippen LogP contribution is 2.57. The molecule has 5 aromatic rings. The van der Waals surface area contributed by atoms with Crippen molar-refractivity contribution in [3.63, 3.8) is 0 Å². The zero-order chi connectivity index (χ0) is 20.2. The van der Waals surface area contributed by atoms with E-state index >= 15 is 0 Å². The van der Waals surface area contributed by atoms with E-state index in [0.717, 1.165) is 11.4 Å². The second-order valence-electron chi connectivity index (χ2n) is 6.92. The first kappa shape index (κ1) is 19.0. The van der Waals surface area contributed by atoms with E-state index in [1.807, 2.05) is 34.0 Å². The Balaban J connectivity index is 1.48. The number of rotatable bonds is 4. The minimum atomic E-state index is 1.04. The third kappa shape index (κ3) is 3.05. The quantitative estimate of drug-likeness (QED) is 0.231. The molecule has 0 atom stereocenters. The zero-order valence-corrected chi connectivity index (χ0v) is 20.9. The molecule has 0 saturated heterocycles. The Morgan fingerprint density at radius 2 is 1.10 bits per heavy atom. The van der Waals surface area contributed by atoms with Gasteiger partial charge in [0, 0.05) is 29.3 Å². The smallest absolute Gasteiger partial charge is 0.124 e. The molecular formula is C22H14N2S6. The molecule has 1 aliphatic rings. The predicted octanol–water partition coefficient (Wildman–Crippen LogP) is 10.0. The molecule has 0 amide bonds. The fraction of sp³-hybridized carbons (Fsp3) is 0.0909. The van der Waals surface area contributed by atoms with Crippen LogP contribution >= 0.6 is 56.7 Å². The van der Waals surface area contributed by atoms with Crippen LogP contribution in [0, 0.1) is 13.8 Å². The molecule has 0 aromatic carbocycles. The standard InChI is InChI=1S/C22H14N2S6/c1-11-9-15(27-19(11)13-5-3-7-25-13)21-17-18(24-30-23-17)22(29-21)16-10-12(2)20(28-16)14-6-4-8-26-14/h3-10H,1-2H3. The summed E-state index contributed by atoms with van der Waals surface area (Å²) in [6, 6.07) is 13.3. The van der Waals surface area contributed by atoms with Crippen LogP contribution in [0.15, 0.2) is 55.9 Å². The van der Waals surface area contributed by atoms with E-state index < -0.39 is 0 Å². The molecule has 0 radical (unpaired) electrons. The first-order valence-electron chi connectivity index (χ1n) is 9.23. The SMILES string of the molecule is Cc1cc(-c2sc(-c3cc(C)c(-c4cccs4)s3)c3c2N=S=N3)sc1-c1cccs1. The summed E-state index contributed by atoms with van der Waals surface area (Å²) >= 11 is 10.5. The predicted molar refractivity (Wildman–Crippen MR) is 139 cm³/mol. The van der Waals surface area contributed by atoms with Gasteiger partial charge in [-0.3, -0.25) is 0 Å². The molecule has 0 N–H and O–H groups in total. The van der Waals surface area contributed by atoms with E-state index in [4.69, 9.17) is 0 Å². The molecule has 1 aliphatic heterocycles. The molecule has 30 heavy (non-hydrogen) atoms. The molecule has 0 fully saturated rings. The number of hydrogen-bond donors (Lipinski definition) is 0. The van der Waals surface area contributed by atoms with Gasteiger partial charge in [-0.25, -0.2) is 0 Å². The van der Waals surface area contributed by atoms with E-state index in [2.05, 4.69) is 69.7 Å². The van der Waals surface area contributed by atoms with E-state index in [0.29, 0.717) is 0 Å². The van der Waals surface area contributed by atoms with Crippen LogP contribution in [-0.2, 0) is 11.4 Å². The van der Waals surface area contributed by atoms with Gasteiger partial charge in [-0.05, 0) is 60.0 Å². The van der Waals surface area contributed by atoms with Crippen LogP contribution in [-0.4, -0.2) is 0 Å². The molecule has 0 aliphatic carbocycles. The zero-order valence-electron chi connectivity index (χ0n) is 16.0. The average molecular weight is 499 g/mol. The molecule has 0 bridgehead atoms. The maximum absolute atomic E-state index is 4.68. The van der Waals surface area contributed by atoms with Crippen LogP contribution in [0.5, 0.6) is 0 Å². The van der Waals surface area contributed by atoms with E-state index in [1.165, 1.54) is 61.5 Å². The Bertz CT molecular complexity index is 1330. The first-order valence-corrected chi connectivity index (χ1v) is 14.2.